The molecule has 2 N–H and O–H groups in total. The average molecular weight is 363 g/mol. The van der Waals surface area contributed by atoms with Crippen LogP contribution in [0.15, 0.2) is 24.3 Å². The van der Waals surface area contributed by atoms with E-state index < -0.39 is 11.6 Å². The molecule has 0 aliphatic rings. The number of nitrogens with one attached hydrogen (secondary N) is 1. The van der Waals surface area contributed by atoms with Gasteiger partial charge in [-0.25, -0.2) is 4.79 Å². The molecule has 2 unspecified atom stereocenters. The SMILES string of the molecule is CCC(NC(=O)O)(c1ccccc1I)C(C)OC. The summed E-state index contributed by atoms with van der Waals surface area (Å²) in [5.74, 6) is 0. The fourth-order valence-corrected chi connectivity index (χ4v) is 3.04. The van der Waals surface area contributed by atoms with Gasteiger partial charge in [-0.05, 0) is 47.6 Å². The van der Waals surface area contributed by atoms with Crippen molar-refractivity contribution < 1.29 is 14.6 Å². The van der Waals surface area contributed by atoms with Gasteiger partial charge in [0.15, 0.2) is 0 Å². The zero-order valence-electron chi connectivity index (χ0n) is 10.7. The molecule has 0 fully saturated rings. The molecule has 0 radical (unpaired) electrons. The first kappa shape index (κ1) is 15.2. The number of methoxy groups -OCH3 is 1. The predicted molar refractivity (Wildman–Crippen MR) is 78.8 cm³/mol. The molecule has 0 heterocycles. The van der Waals surface area contributed by atoms with Gasteiger partial charge in [-0.1, -0.05) is 25.1 Å². The molecule has 0 aromatic heterocycles. The Balaban J connectivity index is 3.34. The number of carboxylic acid groups (broad SMARTS) is 1. The second kappa shape index (κ2) is 6.38. The minimum absolute atomic E-state index is 0.255. The molecule has 5 heteroatoms. The highest BCUT2D eigenvalue weighted by Gasteiger charge is 2.39. The summed E-state index contributed by atoms with van der Waals surface area (Å²) in [5.41, 5.74) is 0.225. The molecule has 0 aliphatic heterocycles. The lowest BCUT2D eigenvalue weighted by Crippen LogP contribution is -2.53. The molecular formula is C13H18INO3. The lowest BCUT2D eigenvalue weighted by Gasteiger charge is -2.38. The zero-order chi connectivity index (χ0) is 13.8. The van der Waals surface area contributed by atoms with Crippen molar-refractivity contribution in [3.8, 4) is 0 Å². The molecule has 0 saturated heterocycles. The van der Waals surface area contributed by atoms with E-state index in [-0.39, 0.29) is 6.10 Å². The van der Waals surface area contributed by atoms with Gasteiger partial charge >= 0.3 is 6.09 Å². The molecule has 100 valence electrons. The highest BCUT2D eigenvalue weighted by Crippen LogP contribution is 2.33. The van der Waals surface area contributed by atoms with Gasteiger partial charge < -0.3 is 15.2 Å². The summed E-state index contributed by atoms with van der Waals surface area (Å²) in [6.07, 6.45) is -0.677. The lowest BCUT2D eigenvalue weighted by molar-refractivity contribution is 0.0254. The van der Waals surface area contributed by atoms with Crippen molar-refractivity contribution in [3.63, 3.8) is 0 Å². The van der Waals surface area contributed by atoms with E-state index >= 15 is 0 Å². The third-order valence-corrected chi connectivity index (χ3v) is 4.23. The second-order valence-corrected chi connectivity index (χ2v) is 5.28. The molecule has 18 heavy (non-hydrogen) atoms. The van der Waals surface area contributed by atoms with Crippen molar-refractivity contribution >= 4 is 28.7 Å². The predicted octanol–water partition coefficient (Wildman–Crippen LogP) is 3.20. The van der Waals surface area contributed by atoms with Crippen molar-refractivity contribution in [3.05, 3.63) is 33.4 Å². The number of halogens is 1. The molecule has 1 aromatic rings. The topological polar surface area (TPSA) is 58.6 Å². The van der Waals surface area contributed by atoms with Crippen LogP contribution in [0.25, 0.3) is 0 Å². The summed E-state index contributed by atoms with van der Waals surface area (Å²) in [6, 6.07) is 7.75. The van der Waals surface area contributed by atoms with Crippen LogP contribution in [0.1, 0.15) is 25.8 Å². The Bertz CT molecular complexity index is 424. The molecule has 0 bridgehead atoms. The van der Waals surface area contributed by atoms with Gasteiger partial charge in [-0.2, -0.15) is 0 Å². The lowest BCUT2D eigenvalue weighted by atomic mass is 9.82. The van der Waals surface area contributed by atoms with E-state index in [1.54, 1.807) is 7.11 Å². The quantitative estimate of drug-likeness (QED) is 0.790. The average Bonchev–Trinajstić information content (AvgIpc) is 2.35. The maximum absolute atomic E-state index is 11.1. The fraction of sp³-hybridized carbons (Fsp3) is 0.462. The van der Waals surface area contributed by atoms with E-state index in [0.717, 1.165) is 9.13 Å². The van der Waals surface area contributed by atoms with Gasteiger partial charge in [0.05, 0.1) is 11.6 Å². The Labute approximate surface area is 121 Å². The summed E-state index contributed by atoms with van der Waals surface area (Å²) in [7, 11) is 1.59. The normalized spacial score (nSPS) is 15.8. The molecule has 2 atom stereocenters. The molecule has 4 nitrogen and oxygen atoms in total. The van der Waals surface area contributed by atoms with Crippen LogP contribution in [-0.4, -0.2) is 24.4 Å². The maximum Gasteiger partial charge on any atom is 0.405 e. The van der Waals surface area contributed by atoms with Gasteiger partial charge in [-0.15, -0.1) is 0 Å². The number of carbonyl (C=O) groups is 1. The van der Waals surface area contributed by atoms with Gasteiger partial charge in [0.2, 0.25) is 0 Å². The smallest absolute Gasteiger partial charge is 0.405 e. The van der Waals surface area contributed by atoms with Crippen molar-refractivity contribution in [2.24, 2.45) is 0 Å². The number of rotatable bonds is 5. The van der Waals surface area contributed by atoms with Crippen LogP contribution in [0.3, 0.4) is 0 Å². The monoisotopic (exact) mass is 363 g/mol. The molecule has 1 rings (SSSR count). The molecule has 0 spiro atoms. The number of hydrogen-bond acceptors (Lipinski definition) is 2. The van der Waals surface area contributed by atoms with Gasteiger partial charge in [-0.3, -0.25) is 0 Å². The minimum atomic E-state index is -1.04. The van der Waals surface area contributed by atoms with E-state index in [4.69, 9.17) is 9.84 Å². The third-order valence-electron chi connectivity index (χ3n) is 3.29. The van der Waals surface area contributed by atoms with Crippen LogP contribution in [0.2, 0.25) is 0 Å². The highest BCUT2D eigenvalue weighted by atomic mass is 127. The summed E-state index contributed by atoms with van der Waals surface area (Å²) < 4.78 is 6.41. The second-order valence-electron chi connectivity index (χ2n) is 4.11. The van der Waals surface area contributed by atoms with Gasteiger partial charge in [0, 0.05) is 10.7 Å². The molecule has 0 aliphatic carbocycles. The zero-order valence-corrected chi connectivity index (χ0v) is 12.9. The Morgan fingerprint density at radius 2 is 2.17 bits per heavy atom. The Morgan fingerprint density at radius 1 is 1.56 bits per heavy atom. The van der Waals surface area contributed by atoms with E-state index in [0.29, 0.717) is 6.42 Å². The van der Waals surface area contributed by atoms with Crippen molar-refractivity contribution in [2.45, 2.75) is 31.9 Å². The third kappa shape index (κ3) is 2.95. The summed E-state index contributed by atoms with van der Waals surface area (Å²) in [4.78, 5) is 11.1. The minimum Gasteiger partial charge on any atom is -0.465 e. The molecular weight excluding hydrogens is 345 g/mol. The summed E-state index contributed by atoms with van der Waals surface area (Å²) in [6.45, 7) is 3.83. The van der Waals surface area contributed by atoms with Crippen LogP contribution in [0, 0.1) is 3.57 Å². The highest BCUT2D eigenvalue weighted by molar-refractivity contribution is 14.1. The Kier molecular flexibility index (Phi) is 5.40. The van der Waals surface area contributed by atoms with Crippen LogP contribution in [0.4, 0.5) is 4.79 Å². The van der Waals surface area contributed by atoms with Crippen LogP contribution in [-0.2, 0) is 10.3 Å². The maximum atomic E-state index is 11.1. The van der Waals surface area contributed by atoms with Gasteiger partial charge in [0.1, 0.15) is 0 Å². The Hall–Kier alpha value is -0.820. The molecule has 1 amide bonds. The summed E-state index contributed by atoms with van der Waals surface area (Å²) in [5, 5.41) is 11.7. The van der Waals surface area contributed by atoms with Crippen molar-refractivity contribution in [2.75, 3.05) is 7.11 Å². The van der Waals surface area contributed by atoms with Crippen LogP contribution < -0.4 is 5.32 Å². The van der Waals surface area contributed by atoms with E-state index in [9.17, 15) is 4.79 Å². The van der Waals surface area contributed by atoms with E-state index in [1.165, 1.54) is 0 Å². The van der Waals surface area contributed by atoms with Crippen LogP contribution in [0.5, 0.6) is 0 Å². The summed E-state index contributed by atoms with van der Waals surface area (Å²) >= 11 is 2.22. The largest absolute Gasteiger partial charge is 0.465 e. The number of hydrogen-bond donors (Lipinski definition) is 2. The fourth-order valence-electron chi connectivity index (χ4n) is 2.17. The van der Waals surface area contributed by atoms with Crippen molar-refractivity contribution in [1.82, 2.24) is 5.32 Å². The molecule has 0 saturated carbocycles. The van der Waals surface area contributed by atoms with E-state index in [1.807, 2.05) is 38.1 Å². The first-order valence-electron chi connectivity index (χ1n) is 5.76. The molecule has 1 aromatic carbocycles. The Morgan fingerprint density at radius 3 is 2.61 bits per heavy atom. The standard InChI is InChI=1S/C13H18INO3/c1-4-13(9(2)18-3,15-12(16)17)10-7-5-6-8-11(10)14/h5-9,15H,4H2,1-3H3,(H,16,17). The van der Waals surface area contributed by atoms with Gasteiger partial charge in [0.25, 0.3) is 0 Å². The first-order valence-corrected chi connectivity index (χ1v) is 6.84. The number of amides is 1. The first-order chi connectivity index (χ1) is 8.47. The van der Waals surface area contributed by atoms with E-state index in [2.05, 4.69) is 27.9 Å². The number of benzene rings is 1. The number of ether oxygens (including phenoxy) is 1. The van der Waals surface area contributed by atoms with Crippen molar-refractivity contribution in [1.29, 1.82) is 0 Å². The van der Waals surface area contributed by atoms with Crippen LogP contribution >= 0.6 is 22.6 Å².